The van der Waals surface area contributed by atoms with Gasteiger partial charge in [0.25, 0.3) is 0 Å². The van der Waals surface area contributed by atoms with Gasteiger partial charge in [-0.05, 0) is 30.2 Å². The maximum atomic E-state index is 10.3. The summed E-state index contributed by atoms with van der Waals surface area (Å²) in [5.41, 5.74) is 0. The largest absolute Gasteiger partial charge is 0.290 e. The van der Waals surface area contributed by atoms with Gasteiger partial charge in [-0.3, -0.25) is 9.59 Å². The van der Waals surface area contributed by atoms with E-state index < -0.39 is 0 Å². The lowest BCUT2D eigenvalue weighted by Gasteiger charge is -1.87. The standard InChI is InChI=1S/C6H4O2.C4H10/c7-5-1-2-6(8)4-3-5;1-4(2)3/h1-4H;4H,1-3H3. The van der Waals surface area contributed by atoms with E-state index in [2.05, 4.69) is 20.8 Å². The Balaban J connectivity index is 0.000000261. The van der Waals surface area contributed by atoms with Gasteiger partial charge >= 0.3 is 0 Å². The average molecular weight is 166 g/mol. The molecule has 0 unspecified atom stereocenters. The summed E-state index contributed by atoms with van der Waals surface area (Å²) in [5.74, 6) is 0.592. The maximum Gasteiger partial charge on any atom is 0.178 e. The molecular weight excluding hydrogens is 152 g/mol. The van der Waals surface area contributed by atoms with Crippen LogP contribution in [0.5, 0.6) is 0 Å². The zero-order chi connectivity index (χ0) is 9.56. The lowest BCUT2D eigenvalue weighted by atomic mass is 10.2. The van der Waals surface area contributed by atoms with Crippen molar-refractivity contribution in [2.45, 2.75) is 20.8 Å². The summed E-state index contributed by atoms with van der Waals surface area (Å²) in [6, 6.07) is 0. The molecule has 0 bridgehead atoms. The molecule has 0 aromatic rings. The predicted molar refractivity (Wildman–Crippen MR) is 48.8 cm³/mol. The molecule has 0 fully saturated rings. The fourth-order valence-corrected chi connectivity index (χ4v) is 0.440. The molecule has 0 aliphatic heterocycles. The van der Waals surface area contributed by atoms with Crippen LogP contribution in [0.25, 0.3) is 0 Å². The first-order chi connectivity index (χ1) is 5.52. The molecule has 0 aromatic carbocycles. The Morgan fingerprint density at radius 1 is 0.833 bits per heavy atom. The van der Waals surface area contributed by atoms with Crippen LogP contribution in [0.4, 0.5) is 0 Å². The number of ketones is 2. The highest BCUT2D eigenvalue weighted by atomic mass is 16.1. The Labute approximate surface area is 73.0 Å². The van der Waals surface area contributed by atoms with Gasteiger partial charge in [0.1, 0.15) is 0 Å². The molecule has 0 radical (unpaired) electrons. The van der Waals surface area contributed by atoms with Crippen molar-refractivity contribution in [1.82, 2.24) is 0 Å². The molecule has 0 atom stereocenters. The summed E-state index contributed by atoms with van der Waals surface area (Å²) in [7, 11) is 0. The molecule has 1 aliphatic rings. The third-order valence-electron chi connectivity index (χ3n) is 0.824. The zero-order valence-corrected chi connectivity index (χ0v) is 7.70. The van der Waals surface area contributed by atoms with E-state index in [0.717, 1.165) is 5.92 Å². The van der Waals surface area contributed by atoms with E-state index in [9.17, 15) is 9.59 Å². The third-order valence-corrected chi connectivity index (χ3v) is 0.824. The molecule has 0 heterocycles. The van der Waals surface area contributed by atoms with Crippen LogP contribution in [0, 0.1) is 5.92 Å². The second-order valence-electron chi connectivity index (χ2n) is 3.20. The molecule has 0 spiro atoms. The van der Waals surface area contributed by atoms with Crippen LogP contribution < -0.4 is 0 Å². The van der Waals surface area contributed by atoms with Gasteiger partial charge in [0.2, 0.25) is 0 Å². The van der Waals surface area contributed by atoms with Gasteiger partial charge in [-0.15, -0.1) is 0 Å². The SMILES string of the molecule is CC(C)C.O=C1C=CC(=O)C=C1. The average Bonchev–Trinajstić information content (AvgIpc) is 1.94. The van der Waals surface area contributed by atoms with Crippen molar-refractivity contribution >= 4 is 11.6 Å². The Morgan fingerprint density at radius 2 is 1.00 bits per heavy atom. The molecule has 1 aliphatic carbocycles. The number of hydrogen-bond donors (Lipinski definition) is 0. The third kappa shape index (κ3) is 6.93. The molecule has 0 aromatic heterocycles. The molecule has 66 valence electrons. The Morgan fingerprint density at radius 3 is 1.17 bits per heavy atom. The highest BCUT2D eigenvalue weighted by Crippen LogP contribution is 1.90. The summed E-state index contributed by atoms with van der Waals surface area (Å²) < 4.78 is 0. The van der Waals surface area contributed by atoms with Gasteiger partial charge in [0, 0.05) is 0 Å². The quantitative estimate of drug-likeness (QED) is 0.515. The van der Waals surface area contributed by atoms with Crippen LogP contribution >= 0.6 is 0 Å². The molecule has 12 heavy (non-hydrogen) atoms. The number of allylic oxidation sites excluding steroid dienone is 4. The van der Waals surface area contributed by atoms with Crippen molar-refractivity contribution in [1.29, 1.82) is 0 Å². The van der Waals surface area contributed by atoms with Crippen LogP contribution in [0.3, 0.4) is 0 Å². The fourth-order valence-electron chi connectivity index (χ4n) is 0.440. The van der Waals surface area contributed by atoms with E-state index in [1.807, 2.05) is 0 Å². The zero-order valence-electron chi connectivity index (χ0n) is 7.70. The molecule has 2 heteroatoms. The van der Waals surface area contributed by atoms with Crippen LogP contribution in [0.15, 0.2) is 24.3 Å². The second-order valence-corrected chi connectivity index (χ2v) is 3.20. The van der Waals surface area contributed by atoms with Gasteiger partial charge in [0.05, 0.1) is 0 Å². The number of carbonyl (C=O) groups excluding carboxylic acids is 2. The highest BCUT2D eigenvalue weighted by molar-refractivity contribution is 6.14. The summed E-state index contributed by atoms with van der Waals surface area (Å²) in [4.78, 5) is 20.6. The van der Waals surface area contributed by atoms with Crippen molar-refractivity contribution in [3.63, 3.8) is 0 Å². The molecule has 2 nitrogen and oxygen atoms in total. The summed E-state index contributed by atoms with van der Waals surface area (Å²) in [5, 5.41) is 0. The second kappa shape index (κ2) is 5.47. The monoisotopic (exact) mass is 166 g/mol. The molecule has 0 saturated carbocycles. The lowest BCUT2D eigenvalue weighted by Crippen LogP contribution is -1.97. The van der Waals surface area contributed by atoms with Gasteiger partial charge in [0.15, 0.2) is 11.6 Å². The van der Waals surface area contributed by atoms with Crippen molar-refractivity contribution < 1.29 is 9.59 Å². The van der Waals surface area contributed by atoms with Crippen LogP contribution in [-0.2, 0) is 9.59 Å². The van der Waals surface area contributed by atoms with Crippen LogP contribution in [0.2, 0.25) is 0 Å². The Kier molecular flexibility index (Phi) is 4.93. The van der Waals surface area contributed by atoms with E-state index >= 15 is 0 Å². The number of carbonyl (C=O) groups is 2. The topological polar surface area (TPSA) is 34.1 Å². The minimum atomic E-state index is -0.121. The normalized spacial score (nSPS) is 14.7. The summed E-state index contributed by atoms with van der Waals surface area (Å²) in [6.45, 7) is 6.50. The predicted octanol–water partition coefficient (Wildman–Crippen LogP) is 1.91. The van der Waals surface area contributed by atoms with Gasteiger partial charge in [-0.25, -0.2) is 0 Å². The fraction of sp³-hybridized carbons (Fsp3) is 0.400. The van der Waals surface area contributed by atoms with Crippen molar-refractivity contribution in [2.24, 2.45) is 5.92 Å². The Hall–Kier alpha value is -1.18. The van der Waals surface area contributed by atoms with E-state index in [-0.39, 0.29) is 11.6 Å². The van der Waals surface area contributed by atoms with E-state index in [4.69, 9.17) is 0 Å². The smallest absolute Gasteiger partial charge is 0.178 e. The van der Waals surface area contributed by atoms with E-state index in [0.29, 0.717) is 0 Å². The first-order valence-corrected chi connectivity index (χ1v) is 3.96. The minimum Gasteiger partial charge on any atom is -0.290 e. The van der Waals surface area contributed by atoms with Gasteiger partial charge < -0.3 is 0 Å². The lowest BCUT2D eigenvalue weighted by molar-refractivity contribution is -0.113. The van der Waals surface area contributed by atoms with Crippen molar-refractivity contribution in [3.8, 4) is 0 Å². The molecular formula is C10H14O2. The maximum absolute atomic E-state index is 10.3. The minimum absolute atomic E-state index is 0.121. The van der Waals surface area contributed by atoms with Crippen molar-refractivity contribution in [3.05, 3.63) is 24.3 Å². The first-order valence-electron chi connectivity index (χ1n) is 3.96. The number of rotatable bonds is 0. The van der Waals surface area contributed by atoms with Crippen LogP contribution in [0.1, 0.15) is 20.8 Å². The summed E-state index contributed by atoms with van der Waals surface area (Å²) in [6.07, 6.45) is 5.01. The van der Waals surface area contributed by atoms with E-state index in [1.54, 1.807) is 0 Å². The van der Waals surface area contributed by atoms with E-state index in [1.165, 1.54) is 24.3 Å². The molecule has 0 amide bonds. The molecule has 1 rings (SSSR count). The molecule has 0 N–H and O–H groups in total. The Bertz CT molecular complexity index is 181. The van der Waals surface area contributed by atoms with Crippen LogP contribution in [-0.4, -0.2) is 11.6 Å². The van der Waals surface area contributed by atoms with Crippen molar-refractivity contribution in [2.75, 3.05) is 0 Å². The first kappa shape index (κ1) is 10.8. The molecule has 0 saturated heterocycles. The van der Waals surface area contributed by atoms with Gasteiger partial charge in [-0.1, -0.05) is 20.8 Å². The van der Waals surface area contributed by atoms with Gasteiger partial charge in [-0.2, -0.15) is 0 Å². The number of hydrogen-bond acceptors (Lipinski definition) is 2. The summed E-state index contributed by atoms with van der Waals surface area (Å²) >= 11 is 0. The highest BCUT2D eigenvalue weighted by Gasteiger charge is 1.97.